The number of ether oxygens (including phenoxy) is 2. The lowest BCUT2D eigenvalue weighted by Crippen LogP contribution is -2.02. The molecular weight excluding hydrogens is 392 g/mol. The van der Waals surface area contributed by atoms with Crippen molar-refractivity contribution in [3.63, 3.8) is 0 Å². The van der Waals surface area contributed by atoms with Crippen molar-refractivity contribution in [2.75, 3.05) is 19.8 Å². The van der Waals surface area contributed by atoms with E-state index in [1.165, 1.54) is 12.1 Å². The molecule has 0 saturated carbocycles. The molecule has 0 atom stereocenters. The molecule has 0 heterocycles. The molecule has 0 bridgehead atoms. The van der Waals surface area contributed by atoms with Crippen LogP contribution in [0.3, 0.4) is 0 Å². The molecule has 0 aliphatic heterocycles. The van der Waals surface area contributed by atoms with Crippen LogP contribution in [-0.4, -0.2) is 25.5 Å². The van der Waals surface area contributed by atoms with Crippen molar-refractivity contribution >= 4 is 28.9 Å². The summed E-state index contributed by atoms with van der Waals surface area (Å²) in [6.07, 6.45) is 6.56. The minimum atomic E-state index is -0.435. The summed E-state index contributed by atoms with van der Waals surface area (Å²) in [5.41, 5.74) is 1.61. The van der Waals surface area contributed by atoms with E-state index in [2.05, 4.69) is 5.16 Å². The summed E-state index contributed by atoms with van der Waals surface area (Å²) in [5, 5.41) is 3.89. The van der Waals surface area contributed by atoms with Gasteiger partial charge in [0.25, 0.3) is 0 Å². The van der Waals surface area contributed by atoms with Gasteiger partial charge in [-0.25, -0.2) is 4.39 Å². The van der Waals surface area contributed by atoms with Crippen molar-refractivity contribution in [1.82, 2.24) is 0 Å². The van der Waals surface area contributed by atoms with E-state index in [-0.39, 0.29) is 16.8 Å². The van der Waals surface area contributed by atoms with Crippen LogP contribution in [0.2, 0.25) is 0 Å². The third-order valence-electron chi connectivity index (χ3n) is 3.56. The first-order chi connectivity index (χ1) is 12.9. The summed E-state index contributed by atoms with van der Waals surface area (Å²) in [4.78, 5) is 5.15. The Bertz CT molecular complexity index is 605. The van der Waals surface area contributed by atoms with Gasteiger partial charge in [0.15, 0.2) is 11.6 Å². The van der Waals surface area contributed by atoms with E-state index >= 15 is 0 Å². The summed E-state index contributed by atoms with van der Waals surface area (Å²) >= 11 is 11.0. The van der Waals surface area contributed by atoms with E-state index in [1.807, 2.05) is 13.8 Å². The lowest BCUT2D eigenvalue weighted by atomic mass is 10.1. The van der Waals surface area contributed by atoms with Gasteiger partial charge >= 0.3 is 0 Å². The number of oxime groups is 1. The van der Waals surface area contributed by atoms with E-state index in [1.54, 1.807) is 13.0 Å². The van der Waals surface area contributed by atoms with Gasteiger partial charge in [0, 0.05) is 6.07 Å². The first-order valence-electron chi connectivity index (χ1n) is 9.10. The molecule has 0 aliphatic rings. The van der Waals surface area contributed by atoms with E-state index in [0.29, 0.717) is 24.5 Å². The minimum absolute atomic E-state index is 0.115. The Hall–Kier alpha value is -1.46. The molecule has 0 radical (unpaired) electrons. The van der Waals surface area contributed by atoms with Crippen LogP contribution in [0.4, 0.5) is 4.39 Å². The standard InChI is InChI=1S/C20H28Cl2FNO3/c1-15(2)24-27-11-8-6-4-5-7-10-26-20-16(3)13-17(14-18(20)23)25-12-9-19(21)22/h9,13-14H,4-8,10-12H2,1-3H3. The van der Waals surface area contributed by atoms with Crippen molar-refractivity contribution < 1.29 is 18.7 Å². The third kappa shape index (κ3) is 11.1. The fourth-order valence-electron chi connectivity index (χ4n) is 2.31. The quantitative estimate of drug-likeness (QED) is 0.206. The molecule has 27 heavy (non-hydrogen) atoms. The molecule has 0 amide bonds. The second-order valence-corrected chi connectivity index (χ2v) is 7.35. The number of hydrogen-bond acceptors (Lipinski definition) is 4. The summed E-state index contributed by atoms with van der Waals surface area (Å²) in [6.45, 7) is 6.90. The Morgan fingerprint density at radius 3 is 2.33 bits per heavy atom. The molecule has 152 valence electrons. The maximum Gasteiger partial charge on any atom is 0.169 e. The molecule has 0 aliphatic carbocycles. The first kappa shape index (κ1) is 23.6. The predicted molar refractivity (Wildman–Crippen MR) is 110 cm³/mol. The molecule has 0 fully saturated rings. The van der Waals surface area contributed by atoms with Crippen molar-refractivity contribution in [3.05, 3.63) is 34.1 Å². The van der Waals surface area contributed by atoms with E-state index in [9.17, 15) is 4.39 Å². The Kier molecular flexibility index (Phi) is 11.9. The van der Waals surface area contributed by atoms with E-state index < -0.39 is 5.82 Å². The molecule has 1 rings (SSSR count). The fraction of sp³-hybridized carbons (Fsp3) is 0.550. The number of benzene rings is 1. The Morgan fingerprint density at radius 2 is 1.70 bits per heavy atom. The van der Waals surface area contributed by atoms with Gasteiger partial charge in [-0.2, -0.15) is 0 Å². The van der Waals surface area contributed by atoms with Crippen molar-refractivity contribution in [1.29, 1.82) is 0 Å². The normalized spacial score (nSPS) is 10.3. The molecule has 0 spiro atoms. The SMILES string of the molecule is CC(C)=NOCCCCCCCOc1c(C)cc(OCC=C(Cl)Cl)cc1F. The number of unbranched alkanes of at least 4 members (excludes halogenated alkanes) is 4. The minimum Gasteiger partial charge on any atom is -0.490 e. The number of aryl methyl sites for hydroxylation is 1. The van der Waals surface area contributed by atoms with Crippen molar-refractivity contribution in [2.24, 2.45) is 5.16 Å². The van der Waals surface area contributed by atoms with Gasteiger partial charge in [-0.05, 0) is 57.7 Å². The highest BCUT2D eigenvalue weighted by atomic mass is 35.5. The zero-order valence-electron chi connectivity index (χ0n) is 16.2. The average molecular weight is 420 g/mol. The van der Waals surface area contributed by atoms with Crippen LogP contribution in [0, 0.1) is 12.7 Å². The maximum absolute atomic E-state index is 14.2. The van der Waals surface area contributed by atoms with Crippen LogP contribution in [0.5, 0.6) is 11.5 Å². The molecule has 7 heteroatoms. The second-order valence-electron chi connectivity index (χ2n) is 6.34. The Morgan fingerprint density at radius 1 is 1.04 bits per heavy atom. The van der Waals surface area contributed by atoms with Crippen LogP contribution in [-0.2, 0) is 4.84 Å². The average Bonchev–Trinajstić information content (AvgIpc) is 2.58. The molecule has 1 aromatic rings. The zero-order chi connectivity index (χ0) is 20.1. The molecular formula is C20H28Cl2FNO3. The third-order valence-corrected chi connectivity index (χ3v) is 3.87. The monoisotopic (exact) mass is 419 g/mol. The van der Waals surface area contributed by atoms with Crippen LogP contribution >= 0.6 is 23.2 Å². The molecule has 0 N–H and O–H groups in total. The summed E-state index contributed by atoms with van der Waals surface area (Å²) in [7, 11) is 0. The van der Waals surface area contributed by atoms with Gasteiger partial charge in [-0.1, -0.05) is 41.2 Å². The predicted octanol–water partition coefficient (Wildman–Crippen LogP) is 6.57. The molecule has 1 aromatic carbocycles. The number of nitrogens with zero attached hydrogens (tertiary/aromatic N) is 1. The van der Waals surface area contributed by atoms with Crippen LogP contribution < -0.4 is 9.47 Å². The lowest BCUT2D eigenvalue weighted by molar-refractivity contribution is 0.139. The van der Waals surface area contributed by atoms with Gasteiger partial charge < -0.3 is 14.3 Å². The fourth-order valence-corrected chi connectivity index (χ4v) is 2.44. The molecule has 0 aromatic heterocycles. The number of hydrogen-bond donors (Lipinski definition) is 0. The zero-order valence-corrected chi connectivity index (χ0v) is 17.7. The smallest absolute Gasteiger partial charge is 0.169 e. The van der Waals surface area contributed by atoms with Crippen LogP contribution in [0.25, 0.3) is 0 Å². The maximum atomic E-state index is 14.2. The van der Waals surface area contributed by atoms with Crippen LogP contribution in [0.15, 0.2) is 27.9 Å². The topological polar surface area (TPSA) is 40.0 Å². The van der Waals surface area contributed by atoms with Gasteiger partial charge in [0.2, 0.25) is 0 Å². The van der Waals surface area contributed by atoms with Crippen molar-refractivity contribution in [3.8, 4) is 11.5 Å². The van der Waals surface area contributed by atoms with Crippen molar-refractivity contribution in [2.45, 2.75) is 52.9 Å². The van der Waals surface area contributed by atoms with Gasteiger partial charge in [-0.15, -0.1) is 0 Å². The van der Waals surface area contributed by atoms with Gasteiger partial charge in [0.05, 0.1) is 12.3 Å². The highest BCUT2D eigenvalue weighted by Gasteiger charge is 2.10. The molecule has 0 unspecified atom stereocenters. The largest absolute Gasteiger partial charge is 0.490 e. The Balaban J connectivity index is 2.24. The van der Waals surface area contributed by atoms with E-state index in [0.717, 1.165) is 37.8 Å². The highest BCUT2D eigenvalue weighted by Crippen LogP contribution is 2.28. The van der Waals surface area contributed by atoms with Crippen LogP contribution in [0.1, 0.15) is 51.5 Å². The number of halogens is 3. The molecule has 0 saturated heterocycles. The van der Waals surface area contributed by atoms with Gasteiger partial charge in [0.1, 0.15) is 23.5 Å². The first-order valence-corrected chi connectivity index (χ1v) is 9.85. The summed E-state index contributed by atoms with van der Waals surface area (Å²) in [5.74, 6) is 0.248. The second kappa shape index (κ2) is 13.7. The molecule has 4 nitrogen and oxygen atoms in total. The lowest BCUT2D eigenvalue weighted by Gasteiger charge is -2.12. The van der Waals surface area contributed by atoms with Gasteiger partial charge in [-0.3, -0.25) is 0 Å². The Labute approximate surface area is 171 Å². The number of rotatable bonds is 13. The summed E-state index contributed by atoms with van der Waals surface area (Å²) in [6, 6.07) is 3.04. The van der Waals surface area contributed by atoms with E-state index in [4.69, 9.17) is 37.5 Å². The highest BCUT2D eigenvalue weighted by molar-refractivity contribution is 6.55. The summed E-state index contributed by atoms with van der Waals surface area (Å²) < 4.78 is 25.3.